The molecule has 0 fully saturated rings. The van der Waals surface area contributed by atoms with Crippen LogP contribution in [0.25, 0.3) is 0 Å². The fourth-order valence-corrected chi connectivity index (χ4v) is 6.10. The highest BCUT2D eigenvalue weighted by Gasteiger charge is 2.13. The summed E-state index contributed by atoms with van der Waals surface area (Å²) in [6.07, 6.45) is 16.9. The van der Waals surface area contributed by atoms with Crippen molar-refractivity contribution in [3.63, 3.8) is 0 Å². The van der Waals surface area contributed by atoms with Gasteiger partial charge in [-0.25, -0.2) is 4.79 Å². The van der Waals surface area contributed by atoms with Gasteiger partial charge in [0.15, 0.2) is 0 Å². The molecular weight excluding hydrogens is 556 g/mol. The predicted molar refractivity (Wildman–Crippen MR) is 180 cm³/mol. The van der Waals surface area contributed by atoms with Crippen LogP contribution in [0, 0.1) is 5.92 Å². The second-order valence-corrected chi connectivity index (χ2v) is 13.6. The van der Waals surface area contributed by atoms with Crippen molar-refractivity contribution in [1.82, 2.24) is 10.6 Å². The predicted octanol–water partition coefficient (Wildman–Crippen LogP) is 8.53. The fourth-order valence-electron chi connectivity index (χ4n) is 3.81. The molecule has 0 spiro atoms. The van der Waals surface area contributed by atoms with E-state index in [-0.39, 0.29) is 18.6 Å². The Morgan fingerprint density at radius 3 is 1.95 bits per heavy atom. The van der Waals surface area contributed by atoms with E-state index in [0.29, 0.717) is 38.0 Å². The average molecular weight is 623 g/mol. The molecule has 2 atom stereocenters. The zero-order valence-electron chi connectivity index (χ0n) is 27.5. The van der Waals surface area contributed by atoms with Crippen molar-refractivity contribution >= 4 is 33.6 Å². The molecule has 3 N–H and O–H groups in total. The quantitative estimate of drug-likeness (QED) is 0.0624. The van der Waals surface area contributed by atoms with Gasteiger partial charge in [-0.2, -0.15) is 0 Å². The Morgan fingerprint density at radius 1 is 0.780 bits per heavy atom. The number of ether oxygens (including phenoxy) is 2. The van der Waals surface area contributed by atoms with Crippen LogP contribution >= 0.6 is 21.6 Å². The summed E-state index contributed by atoms with van der Waals surface area (Å²) >= 11 is 0. The number of amides is 2. The fraction of sp³-hybridized carbons (Fsp3) is 0.938. The lowest BCUT2D eigenvalue weighted by atomic mass is 10.0. The monoisotopic (exact) mass is 622 g/mol. The molecule has 9 heteroatoms. The lowest BCUT2D eigenvalue weighted by Crippen LogP contribution is -2.37. The molecule has 0 aliphatic rings. The highest BCUT2D eigenvalue weighted by atomic mass is 33.1. The highest BCUT2D eigenvalue weighted by Crippen LogP contribution is 2.24. The summed E-state index contributed by atoms with van der Waals surface area (Å²) in [7, 11) is 4.15. The van der Waals surface area contributed by atoms with Crippen molar-refractivity contribution < 1.29 is 24.2 Å². The minimum absolute atomic E-state index is 0.0446. The Balaban J connectivity index is 0. The van der Waals surface area contributed by atoms with Crippen molar-refractivity contribution in [2.45, 2.75) is 150 Å². The molecule has 0 saturated heterocycles. The van der Waals surface area contributed by atoms with Crippen LogP contribution < -0.4 is 10.6 Å². The van der Waals surface area contributed by atoms with Gasteiger partial charge in [0.2, 0.25) is 5.91 Å². The number of hydrogen-bond acceptors (Lipinski definition) is 7. The van der Waals surface area contributed by atoms with Gasteiger partial charge in [0, 0.05) is 37.7 Å². The summed E-state index contributed by atoms with van der Waals surface area (Å²) in [4.78, 5) is 22.8. The Morgan fingerprint density at radius 2 is 1.41 bits per heavy atom. The zero-order chi connectivity index (χ0) is 31.0. The van der Waals surface area contributed by atoms with E-state index in [9.17, 15) is 9.59 Å². The molecule has 0 radical (unpaired) electrons. The van der Waals surface area contributed by atoms with Gasteiger partial charge in [0.25, 0.3) is 0 Å². The van der Waals surface area contributed by atoms with Crippen LogP contribution in [0.4, 0.5) is 4.79 Å². The summed E-state index contributed by atoms with van der Waals surface area (Å²) in [6.45, 7) is 14.3. The third-order valence-corrected chi connectivity index (χ3v) is 9.29. The van der Waals surface area contributed by atoms with Crippen molar-refractivity contribution in [3.8, 4) is 0 Å². The zero-order valence-corrected chi connectivity index (χ0v) is 29.1. The molecule has 0 aliphatic carbocycles. The van der Waals surface area contributed by atoms with Crippen molar-refractivity contribution in [1.29, 1.82) is 0 Å². The Kier molecular flexibility index (Phi) is 35.1. The number of alkyl carbamates (subject to hydrolysis) is 1. The Hall–Kier alpha value is -0.640. The van der Waals surface area contributed by atoms with E-state index >= 15 is 0 Å². The molecule has 7 nitrogen and oxygen atoms in total. The van der Waals surface area contributed by atoms with Crippen LogP contribution in [-0.4, -0.2) is 67.1 Å². The standard InChI is InChI=1S/C16H32N2O4.C16H34OS2/c1-4-13(12-19)9-7-8-10-17-16(21)22-14(5-2)11-18-15(20)6-3;1-4-5-6-8-11-14-18-19-15-12-9-7-10-13-17-16(2)3/h13-14,19H,4-12H2,1-3H3,(H,17,21)(H,18,20);16H,4-15H2,1-3H3. The molecule has 0 rings (SSSR count). The number of carbonyl (C=O) groups is 2. The van der Waals surface area contributed by atoms with Crippen LogP contribution in [0.5, 0.6) is 0 Å². The molecule has 0 heterocycles. The Labute approximate surface area is 261 Å². The molecule has 0 aromatic carbocycles. The molecule has 41 heavy (non-hydrogen) atoms. The van der Waals surface area contributed by atoms with Gasteiger partial charge >= 0.3 is 6.09 Å². The van der Waals surface area contributed by atoms with Gasteiger partial charge in [-0.1, -0.05) is 101 Å². The molecule has 0 bridgehead atoms. The first-order valence-electron chi connectivity index (χ1n) is 16.5. The lowest BCUT2D eigenvalue weighted by Gasteiger charge is -2.17. The van der Waals surface area contributed by atoms with Gasteiger partial charge in [-0.05, 0) is 58.3 Å². The van der Waals surface area contributed by atoms with E-state index in [4.69, 9.17) is 14.6 Å². The smallest absolute Gasteiger partial charge is 0.407 e. The van der Waals surface area contributed by atoms with E-state index in [1.807, 2.05) is 6.92 Å². The number of unbranched alkanes of at least 4 members (excludes halogenated alkanes) is 8. The minimum atomic E-state index is -0.438. The number of aliphatic hydroxyl groups is 1. The summed E-state index contributed by atoms with van der Waals surface area (Å²) in [5.41, 5.74) is 0. The molecule has 0 aliphatic heterocycles. The van der Waals surface area contributed by atoms with Crippen molar-refractivity contribution in [2.24, 2.45) is 5.92 Å². The number of hydrogen-bond donors (Lipinski definition) is 3. The first kappa shape index (κ1) is 42.5. The van der Waals surface area contributed by atoms with Gasteiger partial charge < -0.3 is 25.2 Å². The topological polar surface area (TPSA) is 96.9 Å². The Bertz CT molecular complexity index is 566. The van der Waals surface area contributed by atoms with Crippen LogP contribution in [0.2, 0.25) is 0 Å². The van der Waals surface area contributed by atoms with Crippen molar-refractivity contribution in [3.05, 3.63) is 0 Å². The van der Waals surface area contributed by atoms with Gasteiger partial charge in [-0.15, -0.1) is 0 Å². The molecule has 0 aromatic heterocycles. The normalized spacial score (nSPS) is 12.4. The summed E-state index contributed by atoms with van der Waals surface area (Å²) in [5, 5.41) is 14.5. The van der Waals surface area contributed by atoms with Crippen LogP contribution in [0.3, 0.4) is 0 Å². The molecule has 0 aromatic rings. The van der Waals surface area contributed by atoms with E-state index < -0.39 is 6.09 Å². The second-order valence-electron chi connectivity index (χ2n) is 10.9. The molecule has 2 amide bonds. The van der Waals surface area contributed by atoms with Gasteiger partial charge in [-0.3, -0.25) is 4.79 Å². The number of aliphatic hydroxyl groups excluding tert-OH is 1. The first-order chi connectivity index (χ1) is 19.8. The van der Waals surface area contributed by atoms with E-state index in [2.05, 4.69) is 59.9 Å². The third kappa shape index (κ3) is 33.7. The molecule has 2 unspecified atom stereocenters. The molecular formula is C32H66N2O5S2. The SMILES string of the molecule is CCC(=O)NCC(CC)OC(=O)NCCCCC(CC)CO.CCCCCCCSSCCCCCCOC(C)C. The number of carbonyl (C=O) groups excluding carboxylic acids is 2. The van der Waals surface area contributed by atoms with Crippen LogP contribution in [-0.2, 0) is 14.3 Å². The van der Waals surface area contributed by atoms with Gasteiger partial charge in [0.1, 0.15) is 6.10 Å². The first-order valence-corrected chi connectivity index (χ1v) is 19.0. The average Bonchev–Trinajstić information content (AvgIpc) is 2.97. The van der Waals surface area contributed by atoms with E-state index in [1.54, 1.807) is 6.92 Å². The maximum absolute atomic E-state index is 11.6. The number of nitrogens with one attached hydrogen (secondary N) is 2. The van der Waals surface area contributed by atoms with Crippen LogP contribution in [0.1, 0.15) is 138 Å². The summed E-state index contributed by atoms with van der Waals surface area (Å²) < 4.78 is 10.8. The van der Waals surface area contributed by atoms with Crippen molar-refractivity contribution in [2.75, 3.05) is 37.8 Å². The lowest BCUT2D eigenvalue weighted by molar-refractivity contribution is -0.121. The molecule has 246 valence electrons. The van der Waals surface area contributed by atoms with Crippen LogP contribution in [0.15, 0.2) is 0 Å². The maximum Gasteiger partial charge on any atom is 0.407 e. The summed E-state index contributed by atoms with van der Waals surface area (Å²) in [6, 6.07) is 0. The number of rotatable bonds is 27. The largest absolute Gasteiger partial charge is 0.444 e. The highest BCUT2D eigenvalue weighted by molar-refractivity contribution is 8.76. The second kappa shape index (κ2) is 33.9. The summed E-state index contributed by atoms with van der Waals surface area (Å²) in [5.74, 6) is 2.98. The maximum atomic E-state index is 11.6. The minimum Gasteiger partial charge on any atom is -0.444 e. The van der Waals surface area contributed by atoms with Gasteiger partial charge in [0.05, 0.1) is 12.6 Å². The van der Waals surface area contributed by atoms with E-state index in [0.717, 1.165) is 32.3 Å². The molecule has 0 saturated carbocycles. The third-order valence-electron chi connectivity index (χ3n) is 6.71. The van der Waals surface area contributed by atoms with E-state index in [1.165, 1.54) is 69.3 Å².